The minimum atomic E-state index is -1.60. The molecule has 10 nitrogen and oxygen atoms in total. The van der Waals surface area contributed by atoms with Crippen LogP contribution in [0.2, 0.25) is 0 Å². The summed E-state index contributed by atoms with van der Waals surface area (Å²) in [5.74, 6) is -0.825. The van der Waals surface area contributed by atoms with Crippen molar-refractivity contribution in [1.82, 2.24) is 0 Å². The van der Waals surface area contributed by atoms with Crippen molar-refractivity contribution in [3.63, 3.8) is 0 Å². The lowest BCUT2D eigenvalue weighted by atomic mass is 9.99. The predicted octanol–water partition coefficient (Wildman–Crippen LogP) is 11.6. The van der Waals surface area contributed by atoms with Gasteiger partial charge in [-0.05, 0) is 77.0 Å². The highest BCUT2D eigenvalue weighted by molar-refractivity contribution is 5.70. The summed E-state index contributed by atoms with van der Waals surface area (Å²) in [5, 5.41) is 40.2. The molecule has 0 spiro atoms. The van der Waals surface area contributed by atoms with Crippen molar-refractivity contribution in [2.45, 2.75) is 250 Å². The topological polar surface area (TPSA) is 152 Å². The van der Waals surface area contributed by atoms with Crippen molar-refractivity contribution in [2.75, 3.05) is 19.8 Å². The van der Waals surface area contributed by atoms with Gasteiger partial charge in [0, 0.05) is 12.8 Å². The molecule has 1 rings (SSSR count). The van der Waals surface area contributed by atoms with E-state index in [-0.39, 0.29) is 32.0 Å². The quantitative estimate of drug-likeness (QED) is 0.0265. The second kappa shape index (κ2) is 42.6. The molecule has 360 valence electrons. The third-order valence-corrected chi connectivity index (χ3v) is 11.4. The van der Waals surface area contributed by atoms with E-state index < -0.39 is 49.4 Å². The molecule has 0 aromatic rings. The van der Waals surface area contributed by atoms with Gasteiger partial charge in [0.2, 0.25) is 0 Å². The number of carbonyl (C=O) groups excluding carboxylic acids is 2. The van der Waals surface area contributed by atoms with Crippen LogP contribution >= 0.6 is 0 Å². The van der Waals surface area contributed by atoms with Gasteiger partial charge >= 0.3 is 11.9 Å². The Morgan fingerprint density at radius 1 is 0.500 bits per heavy atom. The molecular formula is C52H92O10. The van der Waals surface area contributed by atoms with Crippen molar-refractivity contribution in [3.05, 3.63) is 48.6 Å². The second-order valence-corrected chi connectivity index (χ2v) is 17.3. The van der Waals surface area contributed by atoms with Crippen LogP contribution in [0.4, 0.5) is 0 Å². The fraction of sp³-hybridized carbons (Fsp3) is 0.808. The van der Waals surface area contributed by atoms with Crippen LogP contribution < -0.4 is 0 Å². The van der Waals surface area contributed by atoms with Crippen LogP contribution in [0, 0.1) is 0 Å². The van der Waals surface area contributed by atoms with Gasteiger partial charge in [-0.3, -0.25) is 9.59 Å². The Balaban J connectivity index is 2.28. The first-order valence-electron chi connectivity index (χ1n) is 25.2. The Bertz CT molecular complexity index is 1150. The van der Waals surface area contributed by atoms with E-state index in [1.165, 1.54) is 103 Å². The number of hydrogen-bond donors (Lipinski definition) is 4. The number of esters is 2. The van der Waals surface area contributed by atoms with E-state index in [0.29, 0.717) is 12.8 Å². The average Bonchev–Trinajstić information content (AvgIpc) is 3.27. The Morgan fingerprint density at radius 2 is 0.903 bits per heavy atom. The first kappa shape index (κ1) is 57.7. The summed E-state index contributed by atoms with van der Waals surface area (Å²) in [4.78, 5) is 25.4. The van der Waals surface area contributed by atoms with E-state index >= 15 is 0 Å². The van der Waals surface area contributed by atoms with Crippen LogP contribution in [-0.2, 0) is 28.5 Å². The van der Waals surface area contributed by atoms with Crippen LogP contribution in [0.15, 0.2) is 48.6 Å². The summed E-state index contributed by atoms with van der Waals surface area (Å²) in [5.41, 5.74) is 0. The monoisotopic (exact) mass is 877 g/mol. The van der Waals surface area contributed by atoms with Crippen LogP contribution in [0.3, 0.4) is 0 Å². The highest BCUT2D eigenvalue weighted by atomic mass is 16.7. The normalized spacial score (nSPS) is 20.0. The molecule has 0 aromatic heterocycles. The van der Waals surface area contributed by atoms with Crippen molar-refractivity contribution < 1.29 is 49.0 Å². The standard InChI is InChI=1S/C52H92O10/c1-3-5-7-9-11-13-15-17-19-21-22-23-24-25-27-29-31-33-35-37-39-41-48(55)61-45(44-60-52-51(58)50(57)49(56)46(42-53)62-52)43-59-47(54)40-38-36-34-32-30-28-26-20-18-16-14-12-10-8-6-4-2/h14-17,20-22,26,45-46,49-53,56-58H,3-13,18-19,23-25,27-44H2,1-2H3/b16-14-,17-15-,22-21-,26-20-. The first-order chi connectivity index (χ1) is 30.3. The van der Waals surface area contributed by atoms with Crippen LogP contribution in [0.1, 0.15) is 213 Å². The van der Waals surface area contributed by atoms with Gasteiger partial charge in [-0.15, -0.1) is 0 Å². The zero-order valence-corrected chi connectivity index (χ0v) is 39.4. The predicted molar refractivity (Wildman–Crippen MR) is 252 cm³/mol. The highest BCUT2D eigenvalue weighted by Gasteiger charge is 2.44. The molecule has 1 fully saturated rings. The lowest BCUT2D eigenvalue weighted by molar-refractivity contribution is -0.305. The van der Waals surface area contributed by atoms with Gasteiger partial charge in [-0.2, -0.15) is 0 Å². The Labute approximate surface area is 378 Å². The van der Waals surface area contributed by atoms with E-state index in [4.69, 9.17) is 18.9 Å². The molecule has 0 radical (unpaired) electrons. The fourth-order valence-corrected chi connectivity index (χ4v) is 7.43. The number of aliphatic hydroxyl groups excluding tert-OH is 4. The molecule has 6 unspecified atom stereocenters. The van der Waals surface area contributed by atoms with Gasteiger partial charge in [0.25, 0.3) is 0 Å². The number of allylic oxidation sites excluding steroid dienone is 8. The van der Waals surface area contributed by atoms with Crippen molar-refractivity contribution in [2.24, 2.45) is 0 Å². The van der Waals surface area contributed by atoms with Crippen molar-refractivity contribution >= 4 is 11.9 Å². The molecule has 0 saturated carbocycles. The number of unbranched alkanes of at least 4 members (excludes halogenated alkanes) is 23. The Hall–Kier alpha value is -2.34. The molecule has 1 heterocycles. The highest BCUT2D eigenvalue weighted by Crippen LogP contribution is 2.23. The molecule has 0 amide bonds. The summed E-state index contributed by atoms with van der Waals surface area (Å²) in [6.07, 6.45) is 44.0. The summed E-state index contributed by atoms with van der Waals surface area (Å²) in [6, 6.07) is 0. The minimum Gasteiger partial charge on any atom is -0.462 e. The molecule has 1 aliphatic heterocycles. The maximum Gasteiger partial charge on any atom is 0.306 e. The third kappa shape index (κ3) is 33.2. The number of aliphatic hydroxyl groups is 4. The molecule has 1 aliphatic rings. The van der Waals surface area contributed by atoms with Crippen LogP contribution in [-0.4, -0.2) is 89.0 Å². The van der Waals surface area contributed by atoms with Gasteiger partial charge in [0.1, 0.15) is 31.0 Å². The number of ether oxygens (including phenoxy) is 4. The van der Waals surface area contributed by atoms with Crippen molar-refractivity contribution in [3.8, 4) is 0 Å². The van der Waals surface area contributed by atoms with Gasteiger partial charge in [-0.25, -0.2) is 0 Å². The number of carbonyl (C=O) groups is 2. The van der Waals surface area contributed by atoms with E-state index in [0.717, 1.165) is 70.6 Å². The van der Waals surface area contributed by atoms with Gasteiger partial charge in [0.15, 0.2) is 12.4 Å². The van der Waals surface area contributed by atoms with E-state index in [1.807, 2.05) is 0 Å². The third-order valence-electron chi connectivity index (χ3n) is 11.4. The summed E-state index contributed by atoms with van der Waals surface area (Å²) in [6.45, 7) is 3.39. The molecular weight excluding hydrogens is 785 g/mol. The summed E-state index contributed by atoms with van der Waals surface area (Å²) >= 11 is 0. The van der Waals surface area contributed by atoms with E-state index in [1.54, 1.807) is 0 Å². The molecule has 4 N–H and O–H groups in total. The second-order valence-electron chi connectivity index (χ2n) is 17.3. The molecule has 6 atom stereocenters. The SMILES string of the molecule is CCCCCC/C=C\C/C=C\CCCCCCCC(=O)OCC(COC1OC(CO)C(O)C(O)C1O)OC(=O)CCCCCCCCCCC/C=C\C/C=C\CCCCCCC. The smallest absolute Gasteiger partial charge is 0.306 e. The van der Waals surface area contributed by atoms with E-state index in [2.05, 4.69) is 62.5 Å². The van der Waals surface area contributed by atoms with Gasteiger partial charge < -0.3 is 39.4 Å². The fourth-order valence-electron chi connectivity index (χ4n) is 7.43. The Kier molecular flexibility index (Phi) is 39.6. The lowest BCUT2D eigenvalue weighted by Crippen LogP contribution is -2.59. The van der Waals surface area contributed by atoms with Gasteiger partial charge in [-0.1, -0.05) is 172 Å². The minimum absolute atomic E-state index is 0.221. The van der Waals surface area contributed by atoms with Gasteiger partial charge in [0.05, 0.1) is 13.2 Å². The van der Waals surface area contributed by atoms with E-state index in [9.17, 15) is 30.0 Å². The zero-order valence-electron chi connectivity index (χ0n) is 39.4. The van der Waals surface area contributed by atoms with Crippen LogP contribution in [0.5, 0.6) is 0 Å². The van der Waals surface area contributed by atoms with Crippen LogP contribution in [0.25, 0.3) is 0 Å². The maximum atomic E-state index is 12.8. The molecule has 10 heteroatoms. The number of rotatable bonds is 42. The summed E-state index contributed by atoms with van der Waals surface area (Å²) in [7, 11) is 0. The average molecular weight is 877 g/mol. The molecule has 0 bridgehead atoms. The molecule has 0 aliphatic carbocycles. The summed E-state index contributed by atoms with van der Waals surface area (Å²) < 4.78 is 22.2. The maximum absolute atomic E-state index is 12.8. The first-order valence-corrected chi connectivity index (χ1v) is 25.2. The Morgan fingerprint density at radius 3 is 1.35 bits per heavy atom. The number of hydrogen-bond acceptors (Lipinski definition) is 10. The largest absolute Gasteiger partial charge is 0.462 e. The molecule has 62 heavy (non-hydrogen) atoms. The van der Waals surface area contributed by atoms with Crippen molar-refractivity contribution in [1.29, 1.82) is 0 Å². The zero-order chi connectivity index (χ0) is 45.1. The lowest BCUT2D eigenvalue weighted by Gasteiger charge is -2.39. The molecule has 1 saturated heterocycles. The molecule has 0 aromatic carbocycles.